The third kappa shape index (κ3) is 4.43. The molecule has 6 aromatic carbocycles. The summed E-state index contributed by atoms with van der Waals surface area (Å²) in [5.41, 5.74) is 4.57. The van der Waals surface area contributed by atoms with Crippen LogP contribution in [-0.4, -0.2) is 0 Å². The summed E-state index contributed by atoms with van der Waals surface area (Å²) in [7, 11) is -3.11. The average Bonchev–Trinajstić information content (AvgIpc) is 3.01. The van der Waals surface area contributed by atoms with Crippen molar-refractivity contribution in [3.05, 3.63) is 174 Å². The summed E-state index contributed by atoms with van der Waals surface area (Å²) in [4.78, 5) is 0. The number of hydrogen-bond acceptors (Lipinski definition) is 1. The van der Waals surface area contributed by atoms with Crippen LogP contribution in [0.3, 0.4) is 0 Å². The molecule has 0 amide bonds. The van der Waals surface area contributed by atoms with Gasteiger partial charge in [-0.3, -0.25) is 0 Å². The van der Waals surface area contributed by atoms with E-state index in [0.717, 1.165) is 48.9 Å². The van der Waals surface area contributed by atoms with Crippen molar-refractivity contribution < 1.29 is 4.57 Å². The normalized spacial score (nSPS) is 11.3. The third-order valence-corrected chi connectivity index (χ3v) is 10.1. The first-order valence-electron chi connectivity index (χ1n) is 12.8. The van der Waals surface area contributed by atoms with E-state index in [-0.39, 0.29) is 0 Å². The van der Waals surface area contributed by atoms with E-state index in [9.17, 15) is 0 Å². The molecule has 6 rings (SSSR count). The highest BCUT2D eigenvalue weighted by Gasteiger charge is 2.31. The molecule has 0 aromatic heterocycles. The van der Waals surface area contributed by atoms with Gasteiger partial charge < -0.3 is 4.57 Å². The molecule has 0 heterocycles. The van der Waals surface area contributed by atoms with Crippen molar-refractivity contribution in [2.24, 2.45) is 0 Å². The molecular weight excluding hydrogens is 479 g/mol. The fraction of sp³-hybridized carbons (Fsp3) is 0. The van der Waals surface area contributed by atoms with E-state index >= 15 is 4.57 Å². The van der Waals surface area contributed by atoms with Crippen LogP contribution in [0.5, 0.6) is 0 Å². The van der Waals surface area contributed by atoms with Crippen LogP contribution in [0.1, 0.15) is 16.7 Å². The van der Waals surface area contributed by atoms with Crippen LogP contribution in [-0.2, 0) is 4.57 Å². The van der Waals surface area contributed by atoms with Gasteiger partial charge in [-0.05, 0) is 45.2 Å². The minimum absolute atomic E-state index is 0.842. The van der Waals surface area contributed by atoms with Crippen molar-refractivity contribution in [3.8, 4) is 0 Å². The summed E-state index contributed by atoms with van der Waals surface area (Å²) in [6.07, 6.45) is 2.26. The van der Waals surface area contributed by atoms with Gasteiger partial charge in [0.1, 0.15) is 0 Å². The van der Waals surface area contributed by atoms with Crippen molar-refractivity contribution in [2.45, 2.75) is 0 Å². The zero-order valence-electron chi connectivity index (χ0n) is 20.9. The second kappa shape index (κ2) is 10.5. The summed E-state index contributed by atoms with van der Waals surface area (Å²) in [5.74, 6) is 0. The van der Waals surface area contributed by atoms with Crippen molar-refractivity contribution in [3.63, 3.8) is 0 Å². The van der Waals surface area contributed by atoms with E-state index in [2.05, 4.69) is 84.9 Å². The van der Waals surface area contributed by atoms with Gasteiger partial charge >= 0.3 is 0 Å². The lowest BCUT2D eigenvalue weighted by molar-refractivity contribution is 0.592. The number of rotatable bonds is 6. The van der Waals surface area contributed by atoms with E-state index in [4.69, 9.17) is 0 Å². The number of hydrogen-bond donors (Lipinski definition) is 0. The van der Waals surface area contributed by atoms with E-state index < -0.39 is 7.14 Å². The molecule has 6 aromatic rings. The van der Waals surface area contributed by atoms with Crippen LogP contribution in [0.4, 0.5) is 0 Å². The Balaban J connectivity index is 1.61. The predicted molar refractivity (Wildman–Crippen MR) is 163 cm³/mol. The average molecular weight is 507 g/mol. The minimum atomic E-state index is -3.11. The molecule has 0 aliphatic carbocycles. The quantitative estimate of drug-likeness (QED) is 0.165. The zero-order valence-corrected chi connectivity index (χ0v) is 21.8. The van der Waals surface area contributed by atoms with E-state index in [1.165, 1.54) is 0 Å². The fourth-order valence-corrected chi connectivity index (χ4v) is 7.99. The largest absolute Gasteiger partial charge is 0.309 e. The van der Waals surface area contributed by atoms with E-state index in [1.807, 2.05) is 78.9 Å². The van der Waals surface area contributed by atoms with E-state index in [1.54, 1.807) is 0 Å². The molecule has 0 radical (unpaired) electrons. The molecule has 0 unspecified atom stereocenters. The van der Waals surface area contributed by atoms with Gasteiger partial charge in [-0.1, -0.05) is 152 Å². The molecule has 0 saturated carbocycles. The van der Waals surface area contributed by atoms with Crippen LogP contribution in [0.2, 0.25) is 0 Å². The molecule has 0 N–H and O–H groups in total. The maximum Gasteiger partial charge on any atom is 0.171 e. The first-order valence-corrected chi connectivity index (χ1v) is 14.5. The van der Waals surface area contributed by atoms with Gasteiger partial charge in [0.2, 0.25) is 0 Å². The lowest BCUT2D eigenvalue weighted by Gasteiger charge is -2.22. The van der Waals surface area contributed by atoms with Gasteiger partial charge in [0.05, 0.1) is 0 Å². The maximum atomic E-state index is 15.2. The monoisotopic (exact) mass is 506 g/mol. The molecule has 0 aliphatic heterocycles. The third-order valence-electron chi connectivity index (χ3n) is 6.98. The van der Waals surface area contributed by atoms with Gasteiger partial charge in [0, 0.05) is 15.9 Å². The molecule has 182 valence electrons. The Bertz CT molecular complexity index is 1670. The highest BCUT2D eigenvalue weighted by molar-refractivity contribution is 7.85. The zero-order chi connectivity index (χ0) is 25.8. The predicted octanol–water partition coefficient (Wildman–Crippen LogP) is 8.07. The number of benzene rings is 6. The van der Waals surface area contributed by atoms with Gasteiger partial charge in [-0.15, -0.1) is 0 Å². The Morgan fingerprint density at radius 1 is 0.447 bits per heavy atom. The maximum absolute atomic E-state index is 15.2. The molecule has 0 bridgehead atoms. The summed E-state index contributed by atoms with van der Waals surface area (Å²) >= 11 is 0. The fourth-order valence-electron chi connectivity index (χ4n) is 5.13. The molecule has 1 nitrogen and oxygen atoms in total. The van der Waals surface area contributed by atoms with Crippen LogP contribution >= 0.6 is 7.14 Å². The molecule has 38 heavy (non-hydrogen) atoms. The van der Waals surface area contributed by atoms with Gasteiger partial charge in [0.15, 0.2) is 7.14 Å². The van der Waals surface area contributed by atoms with Crippen LogP contribution < -0.4 is 15.9 Å². The summed E-state index contributed by atoms with van der Waals surface area (Å²) in [6.45, 7) is 0. The Labute approximate surface area is 224 Å². The SMILES string of the molecule is O=P(c1ccccc1)(c1ccccc1)c1ccc(C=C(c2ccccc2)c2ccccc2)c2ccccc12. The van der Waals surface area contributed by atoms with Gasteiger partial charge in [0.25, 0.3) is 0 Å². The van der Waals surface area contributed by atoms with E-state index in [0.29, 0.717) is 0 Å². The van der Waals surface area contributed by atoms with Crippen molar-refractivity contribution in [1.82, 2.24) is 0 Å². The van der Waals surface area contributed by atoms with Crippen LogP contribution in [0.15, 0.2) is 158 Å². The molecule has 2 heteroatoms. The summed E-state index contributed by atoms with van der Waals surface area (Å²) in [6, 6.07) is 53.3. The Morgan fingerprint density at radius 2 is 0.868 bits per heavy atom. The standard InChI is InChI=1S/C36H27OP/c37-38(31-19-9-3-10-20-31,32-21-11-4-12-22-32)36-26-25-30(33-23-13-14-24-34(33)36)27-35(28-15-5-1-6-16-28)29-17-7-2-8-18-29/h1-27H. The first kappa shape index (κ1) is 23.9. The first-order chi connectivity index (χ1) is 18.7. The smallest absolute Gasteiger partial charge is 0.171 e. The lowest BCUT2D eigenvalue weighted by Crippen LogP contribution is -2.25. The minimum Gasteiger partial charge on any atom is -0.309 e. The molecule has 0 spiro atoms. The summed E-state index contributed by atoms with van der Waals surface area (Å²) in [5, 5.41) is 4.64. The van der Waals surface area contributed by atoms with Crippen molar-refractivity contribution >= 4 is 45.5 Å². The van der Waals surface area contributed by atoms with Crippen LogP contribution in [0.25, 0.3) is 22.4 Å². The molecular formula is C36H27OP. The Kier molecular flexibility index (Phi) is 6.61. The Hall–Kier alpha value is -4.45. The van der Waals surface area contributed by atoms with Gasteiger partial charge in [-0.25, -0.2) is 0 Å². The lowest BCUT2D eigenvalue weighted by atomic mass is 9.94. The molecule has 0 saturated heterocycles. The molecule has 0 atom stereocenters. The summed E-state index contributed by atoms with van der Waals surface area (Å²) < 4.78 is 15.2. The number of fused-ring (bicyclic) bond motifs is 1. The highest BCUT2D eigenvalue weighted by Crippen LogP contribution is 2.45. The van der Waals surface area contributed by atoms with Crippen LogP contribution in [0, 0.1) is 0 Å². The molecule has 0 aliphatic rings. The topological polar surface area (TPSA) is 17.1 Å². The van der Waals surface area contributed by atoms with Gasteiger partial charge in [-0.2, -0.15) is 0 Å². The van der Waals surface area contributed by atoms with Crippen molar-refractivity contribution in [1.29, 1.82) is 0 Å². The second-order valence-corrected chi connectivity index (χ2v) is 12.0. The highest BCUT2D eigenvalue weighted by atomic mass is 31.2. The second-order valence-electron chi connectivity index (χ2n) is 9.29. The molecule has 0 fully saturated rings. The Morgan fingerprint density at radius 3 is 1.37 bits per heavy atom. The van der Waals surface area contributed by atoms with Crippen molar-refractivity contribution in [2.75, 3.05) is 0 Å².